The number of halogens is 1. The molecule has 2 amide bonds. The highest BCUT2D eigenvalue weighted by molar-refractivity contribution is 7.62. The van der Waals surface area contributed by atoms with Crippen molar-refractivity contribution in [3.8, 4) is 5.75 Å². The van der Waals surface area contributed by atoms with Crippen molar-refractivity contribution in [2.75, 3.05) is 38.5 Å². The van der Waals surface area contributed by atoms with Crippen molar-refractivity contribution in [3.05, 3.63) is 59.0 Å². The van der Waals surface area contributed by atoms with Gasteiger partial charge in [-0.3, -0.25) is 9.59 Å². The number of carbonyl (C=O) groups excluding carboxylic acids is 2. The summed E-state index contributed by atoms with van der Waals surface area (Å²) in [5.41, 5.74) is 2.50. The van der Waals surface area contributed by atoms with Crippen LogP contribution in [-0.4, -0.2) is 59.2 Å². The van der Waals surface area contributed by atoms with Gasteiger partial charge in [-0.05, 0) is 68.5 Å². The second-order valence-electron chi connectivity index (χ2n) is 10.3. The smallest absolute Gasteiger partial charge is 0.253 e. The number of methoxy groups -OCH3 is 1. The van der Waals surface area contributed by atoms with Gasteiger partial charge in [-0.25, -0.2) is 4.98 Å². The van der Waals surface area contributed by atoms with E-state index in [0.717, 1.165) is 12.0 Å². The number of ether oxygens (including phenoxy) is 1. The van der Waals surface area contributed by atoms with E-state index in [1.807, 2.05) is 26.8 Å². The second kappa shape index (κ2) is 12.8. The molecule has 0 fully saturated rings. The number of hydrogen-bond acceptors (Lipinski definition) is 5. The van der Waals surface area contributed by atoms with Crippen LogP contribution in [-0.2, 0) is 14.2 Å². The molecule has 2 unspecified atom stereocenters. The third kappa shape index (κ3) is 7.84. The summed E-state index contributed by atoms with van der Waals surface area (Å²) >= 11 is 6.19. The minimum Gasteiger partial charge on any atom is -0.497 e. The topological polar surface area (TPSA) is 93.0 Å². The highest BCUT2D eigenvalue weighted by atomic mass is 35.5. The van der Waals surface area contributed by atoms with Crippen LogP contribution < -0.4 is 10.1 Å². The Kier molecular flexibility index (Phi) is 10.0. The van der Waals surface area contributed by atoms with Gasteiger partial charge in [0.05, 0.1) is 25.0 Å². The van der Waals surface area contributed by atoms with Crippen molar-refractivity contribution in [2.45, 2.75) is 46.1 Å². The van der Waals surface area contributed by atoms with E-state index >= 15 is 0 Å². The fourth-order valence-electron chi connectivity index (χ4n) is 4.24. The Morgan fingerprint density at radius 2 is 1.95 bits per heavy atom. The van der Waals surface area contributed by atoms with Gasteiger partial charge in [0.1, 0.15) is 11.4 Å². The summed E-state index contributed by atoms with van der Waals surface area (Å²) in [4.78, 5) is 33.9. The van der Waals surface area contributed by atoms with E-state index in [-0.39, 0.29) is 24.3 Å². The molecule has 0 aliphatic heterocycles. The molecule has 2 heterocycles. The van der Waals surface area contributed by atoms with Gasteiger partial charge in [0.25, 0.3) is 5.91 Å². The van der Waals surface area contributed by atoms with Gasteiger partial charge in [-0.15, -0.1) is 0 Å². The summed E-state index contributed by atoms with van der Waals surface area (Å²) in [6, 6.07) is 7.90. The Balaban J connectivity index is 2.05. The minimum absolute atomic E-state index is 0.136. The molecule has 0 spiro atoms. The van der Waals surface area contributed by atoms with Crippen molar-refractivity contribution in [2.24, 2.45) is 5.92 Å². The highest BCUT2D eigenvalue weighted by Crippen LogP contribution is 2.37. The lowest BCUT2D eigenvalue weighted by Gasteiger charge is -2.31. The molecule has 1 aromatic carbocycles. The van der Waals surface area contributed by atoms with Crippen LogP contribution in [0.1, 0.15) is 50.4 Å². The largest absolute Gasteiger partial charge is 0.497 e. The number of aromatic nitrogens is 2. The molecule has 3 rings (SSSR count). The number of imidazole rings is 1. The lowest BCUT2D eigenvalue weighted by Crippen LogP contribution is -2.42. The number of benzene rings is 1. The van der Waals surface area contributed by atoms with Crippen molar-refractivity contribution in [1.82, 2.24) is 14.3 Å². The summed E-state index contributed by atoms with van der Waals surface area (Å²) in [5.74, 6) is 0.327. The van der Waals surface area contributed by atoms with Gasteiger partial charge in [0.15, 0.2) is 6.04 Å². The molecular formula is C28H38ClN4O4P. The van der Waals surface area contributed by atoms with E-state index in [1.165, 1.54) is 0 Å². The predicted molar refractivity (Wildman–Crippen MR) is 154 cm³/mol. The molecule has 38 heavy (non-hydrogen) atoms. The Morgan fingerprint density at radius 3 is 2.58 bits per heavy atom. The zero-order valence-corrected chi connectivity index (χ0v) is 24.7. The quantitative estimate of drug-likeness (QED) is 0.264. The summed E-state index contributed by atoms with van der Waals surface area (Å²) < 4.78 is 19.5. The van der Waals surface area contributed by atoms with E-state index in [2.05, 4.69) is 5.32 Å². The maximum absolute atomic E-state index is 14.0. The average Bonchev–Trinajstić information content (AvgIpc) is 3.26. The normalized spacial score (nSPS) is 13.2. The molecule has 0 aliphatic rings. The first kappa shape index (κ1) is 29.7. The zero-order chi connectivity index (χ0) is 28.0. The SMILES string of the molecule is CCC(C)CC(=O)N(CCCP(C)(C)=O)C(C(=O)Nc1ccc(OC)cc1C)c1cn2cc(Cl)ccc2n1. The summed E-state index contributed by atoms with van der Waals surface area (Å²) in [5, 5.41) is 3.54. The number of nitrogens with zero attached hydrogens (tertiary/aromatic N) is 3. The summed E-state index contributed by atoms with van der Waals surface area (Å²) in [7, 11) is -0.706. The molecule has 1 N–H and O–H groups in total. The van der Waals surface area contributed by atoms with E-state index in [4.69, 9.17) is 21.3 Å². The average molecular weight is 561 g/mol. The number of carbonyl (C=O) groups is 2. The number of aryl methyl sites for hydroxylation is 1. The van der Waals surface area contributed by atoms with E-state index in [9.17, 15) is 14.2 Å². The molecule has 0 aliphatic carbocycles. The van der Waals surface area contributed by atoms with E-state index < -0.39 is 13.2 Å². The first-order valence-electron chi connectivity index (χ1n) is 12.8. The fourth-order valence-corrected chi connectivity index (χ4v) is 5.31. The monoisotopic (exact) mass is 560 g/mol. The summed E-state index contributed by atoms with van der Waals surface area (Å²) in [6.07, 6.45) is 5.59. The van der Waals surface area contributed by atoms with Crippen LogP contribution in [0.2, 0.25) is 5.02 Å². The minimum atomic E-state index is -2.29. The first-order valence-corrected chi connectivity index (χ1v) is 16.0. The Morgan fingerprint density at radius 1 is 1.21 bits per heavy atom. The fraction of sp³-hybridized carbons (Fsp3) is 0.464. The van der Waals surface area contributed by atoms with Crippen LogP contribution in [0.15, 0.2) is 42.7 Å². The Hall–Kier alpha value is -2.83. The van der Waals surface area contributed by atoms with Gasteiger partial charge in [0, 0.05) is 37.2 Å². The molecule has 10 heteroatoms. The number of hydrogen-bond donors (Lipinski definition) is 1. The third-order valence-electron chi connectivity index (χ3n) is 6.60. The number of nitrogens with one attached hydrogen (secondary N) is 1. The lowest BCUT2D eigenvalue weighted by molar-refractivity contribution is -0.139. The maximum Gasteiger partial charge on any atom is 0.253 e. The number of amides is 2. The van der Waals surface area contributed by atoms with Gasteiger partial charge >= 0.3 is 0 Å². The van der Waals surface area contributed by atoms with Gasteiger partial charge in [-0.1, -0.05) is 31.9 Å². The third-order valence-corrected chi connectivity index (χ3v) is 8.22. The molecule has 206 valence electrons. The first-order chi connectivity index (χ1) is 17.9. The molecule has 8 nitrogen and oxygen atoms in total. The molecule has 0 radical (unpaired) electrons. The van der Waals surface area contributed by atoms with Crippen LogP contribution >= 0.6 is 18.7 Å². The van der Waals surface area contributed by atoms with Crippen molar-refractivity contribution < 1.29 is 18.9 Å². The van der Waals surface area contributed by atoms with Crippen LogP contribution in [0, 0.1) is 12.8 Å². The molecule has 2 atom stereocenters. The maximum atomic E-state index is 14.0. The lowest BCUT2D eigenvalue weighted by atomic mass is 10.0. The van der Waals surface area contributed by atoms with Crippen LogP contribution in [0.4, 0.5) is 5.69 Å². The van der Waals surface area contributed by atoms with Crippen molar-refractivity contribution >= 4 is 41.9 Å². The molecule has 0 saturated heterocycles. The number of pyridine rings is 1. The van der Waals surface area contributed by atoms with Crippen LogP contribution in [0.25, 0.3) is 5.65 Å². The van der Waals surface area contributed by atoms with E-state index in [1.54, 1.807) is 66.4 Å². The standard InChI is InChI=1S/C28H38ClN4O4P/c1-7-19(2)15-26(34)33(13-8-14-38(5,6)36)27(24-18-32-17-21(29)9-12-25(32)30-24)28(35)31-23-11-10-22(37-4)16-20(23)3/h9-12,16-19,27H,7-8,13-15H2,1-6H3,(H,31,35). The van der Waals surface area contributed by atoms with Crippen LogP contribution in [0.3, 0.4) is 0 Å². The highest BCUT2D eigenvalue weighted by Gasteiger charge is 2.34. The second-order valence-corrected chi connectivity index (χ2v) is 14.3. The number of rotatable bonds is 12. The van der Waals surface area contributed by atoms with Gasteiger partial charge in [0.2, 0.25) is 5.91 Å². The van der Waals surface area contributed by atoms with Crippen LogP contribution in [0.5, 0.6) is 5.75 Å². The molecular weight excluding hydrogens is 523 g/mol. The molecule has 2 aromatic heterocycles. The predicted octanol–water partition coefficient (Wildman–Crippen LogP) is 6.26. The Labute approximate surface area is 230 Å². The van der Waals surface area contributed by atoms with E-state index in [0.29, 0.717) is 46.8 Å². The number of anilines is 1. The molecule has 0 bridgehead atoms. The zero-order valence-electron chi connectivity index (χ0n) is 23.0. The van der Waals surface area contributed by atoms with Gasteiger partial charge < -0.3 is 23.9 Å². The van der Waals surface area contributed by atoms with Gasteiger partial charge in [-0.2, -0.15) is 0 Å². The molecule has 0 saturated carbocycles. The summed E-state index contributed by atoms with van der Waals surface area (Å²) in [6.45, 7) is 9.70. The Bertz CT molecular complexity index is 1340. The molecule has 3 aromatic rings. The van der Waals surface area contributed by atoms with Crippen molar-refractivity contribution in [1.29, 1.82) is 0 Å². The number of fused-ring (bicyclic) bond motifs is 1. The van der Waals surface area contributed by atoms with Crippen molar-refractivity contribution in [3.63, 3.8) is 0 Å².